The lowest BCUT2D eigenvalue weighted by molar-refractivity contribution is -0.117. The van der Waals surface area contributed by atoms with Crippen LogP contribution in [0.25, 0.3) is 10.2 Å². The van der Waals surface area contributed by atoms with Crippen molar-refractivity contribution in [3.63, 3.8) is 0 Å². The predicted octanol–water partition coefficient (Wildman–Crippen LogP) is 2.99. The van der Waals surface area contributed by atoms with Gasteiger partial charge in [0.25, 0.3) is 5.91 Å². The number of ether oxygens (including phenoxy) is 2. The van der Waals surface area contributed by atoms with Crippen molar-refractivity contribution in [2.24, 2.45) is 4.99 Å². The molecule has 0 aliphatic carbocycles. The van der Waals surface area contributed by atoms with Crippen molar-refractivity contribution in [3.05, 3.63) is 58.4 Å². The average Bonchev–Trinajstić information content (AvgIpc) is 3.13. The van der Waals surface area contributed by atoms with Gasteiger partial charge in [-0.2, -0.15) is 4.99 Å². The van der Waals surface area contributed by atoms with Gasteiger partial charge in [0.2, 0.25) is 0 Å². The van der Waals surface area contributed by atoms with E-state index in [1.807, 2.05) is 10.6 Å². The number of esters is 1. The molecule has 3 aromatic rings. The Morgan fingerprint density at radius 1 is 1.09 bits per heavy atom. The molecule has 1 heterocycles. The first-order valence-corrected chi connectivity index (χ1v) is 12.9. The number of nitrogens with zero attached hydrogens (tertiary/aromatic N) is 2. The summed E-state index contributed by atoms with van der Waals surface area (Å²) in [6.45, 7) is 4.55. The Balaban J connectivity index is 1.92. The summed E-state index contributed by atoms with van der Waals surface area (Å²) in [5, 5.41) is 0. The first-order chi connectivity index (χ1) is 15.8. The van der Waals surface area contributed by atoms with E-state index in [1.54, 1.807) is 45.2 Å². The average molecular weight is 491 g/mol. The van der Waals surface area contributed by atoms with E-state index in [0.717, 1.165) is 10.2 Å². The zero-order valence-corrected chi connectivity index (χ0v) is 20.4. The summed E-state index contributed by atoms with van der Waals surface area (Å²) in [5.41, 5.74) is 1.95. The number of carbonyl (C=O) groups is 2. The summed E-state index contributed by atoms with van der Waals surface area (Å²) < 4.78 is 36.9. The molecule has 0 atom stereocenters. The molecule has 0 bridgehead atoms. The van der Waals surface area contributed by atoms with Gasteiger partial charge in [0.1, 0.15) is 0 Å². The van der Waals surface area contributed by atoms with Gasteiger partial charge < -0.3 is 14.0 Å². The van der Waals surface area contributed by atoms with Crippen molar-refractivity contribution in [2.75, 3.05) is 26.1 Å². The van der Waals surface area contributed by atoms with E-state index in [2.05, 4.69) is 4.99 Å². The van der Waals surface area contributed by atoms with E-state index in [1.165, 1.54) is 23.5 Å². The van der Waals surface area contributed by atoms with E-state index in [9.17, 15) is 18.0 Å². The van der Waals surface area contributed by atoms with Gasteiger partial charge in [-0.1, -0.05) is 30.4 Å². The van der Waals surface area contributed by atoms with Crippen LogP contribution < -0.4 is 4.80 Å². The van der Waals surface area contributed by atoms with Gasteiger partial charge >= 0.3 is 5.97 Å². The number of thiazole rings is 1. The normalized spacial score (nSPS) is 12.3. The number of hydrogen-bond acceptors (Lipinski definition) is 7. The molecule has 0 fully saturated rings. The van der Waals surface area contributed by atoms with Crippen molar-refractivity contribution in [1.29, 1.82) is 0 Å². The van der Waals surface area contributed by atoms with Crippen LogP contribution in [-0.4, -0.2) is 50.9 Å². The lowest BCUT2D eigenvalue weighted by atomic mass is 10.1. The van der Waals surface area contributed by atoms with Crippen molar-refractivity contribution in [1.82, 2.24) is 4.57 Å². The first kappa shape index (κ1) is 24.8. The van der Waals surface area contributed by atoms with E-state index >= 15 is 0 Å². The van der Waals surface area contributed by atoms with Gasteiger partial charge in [-0.3, -0.25) is 4.79 Å². The van der Waals surface area contributed by atoms with Gasteiger partial charge in [0, 0.05) is 13.7 Å². The Labute approximate surface area is 196 Å². The zero-order valence-electron chi connectivity index (χ0n) is 18.7. The Morgan fingerprint density at radius 2 is 1.82 bits per heavy atom. The topological polar surface area (TPSA) is 104 Å². The number of rotatable bonds is 9. The van der Waals surface area contributed by atoms with E-state index in [0.29, 0.717) is 29.1 Å². The molecule has 2 aromatic carbocycles. The third-order valence-electron chi connectivity index (χ3n) is 4.95. The monoisotopic (exact) mass is 490 g/mol. The Bertz CT molecular complexity index is 1320. The van der Waals surface area contributed by atoms with Gasteiger partial charge in [-0.25, -0.2) is 13.2 Å². The molecule has 8 nitrogen and oxygen atoms in total. The number of aromatic nitrogens is 1. The summed E-state index contributed by atoms with van der Waals surface area (Å²) in [4.78, 5) is 29.8. The van der Waals surface area contributed by atoms with Crippen LogP contribution in [-0.2, 0) is 37.1 Å². The van der Waals surface area contributed by atoms with Crippen molar-refractivity contribution in [3.8, 4) is 0 Å². The second-order valence-corrected chi connectivity index (χ2v) is 10.4. The summed E-state index contributed by atoms with van der Waals surface area (Å²) in [7, 11) is -1.69. The van der Waals surface area contributed by atoms with Crippen LogP contribution in [0.3, 0.4) is 0 Å². The fraction of sp³-hybridized carbons (Fsp3) is 0.348. The number of fused-ring (bicyclic) bond motifs is 1. The smallest absolute Gasteiger partial charge is 0.338 e. The summed E-state index contributed by atoms with van der Waals surface area (Å²) in [6.07, 6.45) is 0.0407. The standard InChI is InChI=1S/C23H26N2O6S2/c1-4-31-22(27)17-8-11-19-20(15-17)32-23(25(19)12-13-30-3)24-21(26)14-16-6-9-18(10-7-16)33(28,29)5-2/h6-11,15H,4-5,12-14H2,1-3H3. The Kier molecular flexibility index (Phi) is 8.17. The van der Waals surface area contributed by atoms with Gasteiger partial charge in [0.05, 0.1) is 46.1 Å². The third kappa shape index (κ3) is 5.95. The molecular weight excluding hydrogens is 464 g/mol. The summed E-state index contributed by atoms with van der Waals surface area (Å²) in [5.74, 6) is -0.741. The zero-order chi connectivity index (χ0) is 24.0. The third-order valence-corrected chi connectivity index (χ3v) is 7.74. The molecule has 0 unspecified atom stereocenters. The molecule has 0 aliphatic heterocycles. The summed E-state index contributed by atoms with van der Waals surface area (Å²) >= 11 is 1.30. The molecule has 0 saturated heterocycles. The minimum Gasteiger partial charge on any atom is -0.462 e. The molecule has 1 aromatic heterocycles. The molecule has 10 heteroatoms. The molecule has 0 aliphatic rings. The molecule has 0 radical (unpaired) electrons. The number of methoxy groups -OCH3 is 1. The minimum atomic E-state index is -3.29. The number of carbonyl (C=O) groups excluding carboxylic acids is 2. The molecule has 3 rings (SSSR count). The molecule has 33 heavy (non-hydrogen) atoms. The fourth-order valence-corrected chi connectivity index (χ4v) is 5.20. The lowest BCUT2D eigenvalue weighted by Crippen LogP contribution is -2.19. The number of hydrogen-bond donors (Lipinski definition) is 0. The highest BCUT2D eigenvalue weighted by Gasteiger charge is 2.14. The van der Waals surface area contributed by atoms with Crippen LogP contribution in [0, 0.1) is 0 Å². The fourth-order valence-electron chi connectivity index (χ4n) is 3.20. The van der Waals surface area contributed by atoms with Crippen LogP contribution in [0.2, 0.25) is 0 Å². The summed E-state index contributed by atoms with van der Waals surface area (Å²) in [6, 6.07) is 11.5. The van der Waals surface area contributed by atoms with Gasteiger partial charge in [-0.15, -0.1) is 0 Å². The molecule has 0 N–H and O–H groups in total. The van der Waals surface area contributed by atoms with E-state index < -0.39 is 15.8 Å². The highest BCUT2D eigenvalue weighted by Crippen LogP contribution is 2.20. The largest absolute Gasteiger partial charge is 0.462 e. The second kappa shape index (κ2) is 10.9. The Hall–Kier alpha value is -2.82. The van der Waals surface area contributed by atoms with E-state index in [-0.39, 0.29) is 29.6 Å². The van der Waals surface area contributed by atoms with Crippen LogP contribution in [0.4, 0.5) is 0 Å². The highest BCUT2D eigenvalue weighted by molar-refractivity contribution is 7.91. The molecule has 0 spiro atoms. The highest BCUT2D eigenvalue weighted by atomic mass is 32.2. The number of benzene rings is 2. The van der Waals surface area contributed by atoms with E-state index in [4.69, 9.17) is 9.47 Å². The first-order valence-electron chi connectivity index (χ1n) is 10.5. The van der Waals surface area contributed by atoms with Crippen LogP contribution >= 0.6 is 11.3 Å². The van der Waals surface area contributed by atoms with Crippen LogP contribution in [0.15, 0.2) is 52.4 Å². The van der Waals surface area contributed by atoms with Crippen LogP contribution in [0.1, 0.15) is 29.8 Å². The number of amides is 1. The Morgan fingerprint density at radius 3 is 2.45 bits per heavy atom. The maximum atomic E-state index is 12.7. The van der Waals surface area contributed by atoms with Crippen LogP contribution in [0.5, 0.6) is 0 Å². The van der Waals surface area contributed by atoms with Crippen molar-refractivity contribution in [2.45, 2.75) is 31.7 Å². The maximum Gasteiger partial charge on any atom is 0.338 e. The molecule has 1 amide bonds. The minimum absolute atomic E-state index is 0.0197. The quantitative estimate of drug-likeness (QED) is 0.427. The lowest BCUT2D eigenvalue weighted by Gasteiger charge is -2.05. The SMILES string of the molecule is CCOC(=O)c1ccc2c(c1)sc(=NC(=O)Cc1ccc(S(=O)(=O)CC)cc1)n2CCOC. The maximum absolute atomic E-state index is 12.7. The van der Waals surface area contributed by atoms with Crippen molar-refractivity contribution >= 4 is 43.3 Å². The van der Waals surface area contributed by atoms with Gasteiger partial charge in [0.15, 0.2) is 14.6 Å². The molecule has 0 saturated carbocycles. The molecule has 176 valence electrons. The van der Waals surface area contributed by atoms with Crippen molar-refractivity contribution < 1.29 is 27.5 Å². The predicted molar refractivity (Wildman–Crippen MR) is 126 cm³/mol. The molecular formula is C23H26N2O6S2. The second-order valence-electron chi connectivity index (χ2n) is 7.16. The number of sulfone groups is 1. The van der Waals surface area contributed by atoms with Gasteiger partial charge in [-0.05, 0) is 42.8 Å².